The number of carbonyl (C=O) groups excluding carboxylic acids is 8. The number of unbranched alkanes of at least 4 members (excludes halogenated alkanes) is 1. The minimum absolute atomic E-state index is 0.0474. The Morgan fingerprint density at radius 3 is 1.31 bits per heavy atom. The van der Waals surface area contributed by atoms with Gasteiger partial charge in [0.1, 0.15) is 48.3 Å². The van der Waals surface area contributed by atoms with Crippen molar-refractivity contribution < 1.29 is 68.1 Å². The zero-order valence-corrected chi connectivity index (χ0v) is 42.2. The Bertz CT molecular complexity index is 1850. The number of hydrogen-bond acceptors (Lipinski definition) is 15. The topological polar surface area (TPSA) is 461 Å². The fourth-order valence-corrected chi connectivity index (χ4v) is 6.77. The van der Waals surface area contributed by atoms with Crippen LogP contribution >= 0.6 is 12.6 Å². The number of carboxylic acid groups (broad SMARTS) is 3. The van der Waals surface area contributed by atoms with Crippen LogP contribution in [0.25, 0.3) is 0 Å². The van der Waals surface area contributed by atoms with E-state index in [0.717, 1.165) is 0 Å². The van der Waals surface area contributed by atoms with E-state index < -0.39 is 132 Å². The lowest BCUT2D eigenvalue weighted by atomic mass is 10.00. The molecule has 0 aliphatic carbocycles. The summed E-state index contributed by atoms with van der Waals surface area (Å²) in [4.78, 5) is 145. The van der Waals surface area contributed by atoms with Gasteiger partial charge in [-0.15, -0.1) is 0 Å². The molecule has 0 rings (SSSR count). The van der Waals surface area contributed by atoms with Crippen LogP contribution in [0.15, 0.2) is 4.99 Å². The third kappa shape index (κ3) is 27.6. The first-order valence-corrected chi connectivity index (χ1v) is 24.0. The number of nitrogens with one attached hydrogen (secondary N) is 8. The van der Waals surface area contributed by atoms with Gasteiger partial charge >= 0.3 is 17.9 Å². The van der Waals surface area contributed by atoms with Crippen LogP contribution in [0, 0.1) is 11.8 Å². The first-order chi connectivity index (χ1) is 33.1. The number of hydrogen-bond donors (Lipinski definition) is 16. The Balaban J connectivity index is 6.12. The fourth-order valence-electron chi connectivity index (χ4n) is 6.52. The molecule has 8 amide bonds. The Labute approximate surface area is 418 Å². The molecule has 0 aromatic carbocycles. The molecule has 27 nitrogen and oxygen atoms in total. The van der Waals surface area contributed by atoms with E-state index >= 15 is 0 Å². The molecule has 0 saturated heterocycles. The Kier molecular flexibility index (Phi) is 31.1. The molecule has 0 aliphatic heterocycles. The molecular weight excluding hydrogens is 955 g/mol. The number of nitrogens with two attached hydrogens (primary N) is 4. The summed E-state index contributed by atoms with van der Waals surface area (Å²) in [7, 11) is 0. The van der Waals surface area contributed by atoms with Crippen LogP contribution in [-0.4, -0.2) is 160 Å². The highest BCUT2D eigenvalue weighted by Crippen LogP contribution is 2.11. The molecule has 0 heterocycles. The van der Waals surface area contributed by atoms with Crippen molar-refractivity contribution in [2.45, 2.75) is 167 Å². The highest BCUT2D eigenvalue weighted by atomic mass is 32.1. The minimum Gasteiger partial charge on any atom is -0.481 e. The molecule has 0 saturated carbocycles. The standard InChI is InChI=1S/C43H77N13O14S/c1-21(2)18-29(55-37(64)26(10-7-8-16-44)52-40(67)30(19-22(3)4)54-36(63)25(45)12-14-32(57)58)39(66)49-23(5)34(61)51-27(13-15-33(59)60)38(65)56-31(20-71)41(68)50-24(6)35(62)53-28(42(69)70)11-9-17-48-43(46)47/h21-31,71H,7-20,44-45H2,1-6H3,(H,49,66)(H,50,68)(H,51,61)(H,52,67)(H,53,62)(H,54,63)(H,55,64)(H,56,65)(H,57,58)(H,59,60)(H,69,70)(H4,46,47,48)/t23-,24-,25-,26-,27-,28-,29-,30-,31-/m0/s1. The zero-order valence-electron chi connectivity index (χ0n) is 41.3. The maximum Gasteiger partial charge on any atom is 0.326 e. The number of nitrogens with zero attached hydrogens (tertiary/aromatic N) is 1. The molecule has 0 fully saturated rings. The van der Waals surface area contributed by atoms with Crippen molar-refractivity contribution in [1.29, 1.82) is 0 Å². The molecule has 0 spiro atoms. The van der Waals surface area contributed by atoms with Crippen molar-refractivity contribution in [1.82, 2.24) is 42.5 Å². The molecule has 404 valence electrons. The van der Waals surface area contributed by atoms with Gasteiger partial charge in [-0.25, -0.2) is 4.79 Å². The molecule has 9 atom stereocenters. The number of aliphatic imine (C=N–C) groups is 1. The van der Waals surface area contributed by atoms with Gasteiger partial charge in [0, 0.05) is 25.1 Å². The normalized spacial score (nSPS) is 14.9. The highest BCUT2D eigenvalue weighted by molar-refractivity contribution is 7.80. The molecule has 0 radical (unpaired) electrons. The van der Waals surface area contributed by atoms with E-state index in [4.69, 9.17) is 28.0 Å². The molecule has 0 bridgehead atoms. The maximum atomic E-state index is 13.9. The minimum atomic E-state index is -1.59. The monoisotopic (exact) mass is 1030 g/mol. The Morgan fingerprint density at radius 2 is 0.859 bits per heavy atom. The van der Waals surface area contributed by atoms with Crippen molar-refractivity contribution >= 4 is 83.8 Å². The second-order valence-corrected chi connectivity index (χ2v) is 18.2. The molecule has 0 aromatic heterocycles. The second kappa shape index (κ2) is 34.1. The summed E-state index contributed by atoms with van der Waals surface area (Å²) in [5.41, 5.74) is 22.1. The van der Waals surface area contributed by atoms with Crippen LogP contribution < -0.4 is 65.5 Å². The van der Waals surface area contributed by atoms with Gasteiger partial charge in [-0.1, -0.05) is 27.7 Å². The summed E-state index contributed by atoms with van der Waals surface area (Å²) in [5.74, 6) is -11.6. The smallest absolute Gasteiger partial charge is 0.326 e. The summed E-state index contributed by atoms with van der Waals surface area (Å²) >= 11 is 4.11. The average Bonchev–Trinajstić information content (AvgIpc) is 3.27. The van der Waals surface area contributed by atoms with Gasteiger partial charge in [0.25, 0.3) is 0 Å². The van der Waals surface area contributed by atoms with E-state index in [-0.39, 0.29) is 81.6 Å². The van der Waals surface area contributed by atoms with Gasteiger partial charge in [0.2, 0.25) is 47.3 Å². The third-order valence-electron chi connectivity index (χ3n) is 10.4. The van der Waals surface area contributed by atoms with Crippen molar-refractivity contribution in [3.63, 3.8) is 0 Å². The average molecular weight is 1030 g/mol. The van der Waals surface area contributed by atoms with Crippen molar-refractivity contribution in [3.8, 4) is 0 Å². The van der Waals surface area contributed by atoms with Gasteiger partial charge < -0.3 is 80.8 Å². The molecule has 0 unspecified atom stereocenters. The number of carboxylic acids is 3. The van der Waals surface area contributed by atoms with E-state index in [1.807, 2.05) is 0 Å². The quantitative estimate of drug-likeness (QED) is 0.0124. The van der Waals surface area contributed by atoms with Crippen LogP contribution in [-0.2, 0) is 52.7 Å². The number of aliphatic carboxylic acids is 3. The van der Waals surface area contributed by atoms with E-state index in [1.165, 1.54) is 13.8 Å². The first kappa shape index (κ1) is 64.7. The SMILES string of the molecule is CC(C)C[C@H](NC(=O)[C@H](CCCCN)NC(=O)[C@H](CC(C)C)NC(=O)[C@@H](N)CCC(=O)O)C(=O)N[C@@H](C)C(=O)N[C@@H](CCC(=O)O)C(=O)N[C@@H](CS)C(=O)N[C@@H](C)C(=O)N[C@@H](CCCN=C(N)N)C(=O)O. The first-order valence-electron chi connectivity index (χ1n) is 23.3. The number of rotatable bonds is 36. The lowest BCUT2D eigenvalue weighted by molar-refractivity contribution is -0.142. The van der Waals surface area contributed by atoms with E-state index in [9.17, 15) is 63.0 Å². The number of guanidine groups is 1. The van der Waals surface area contributed by atoms with Gasteiger partial charge in [-0.3, -0.25) is 52.9 Å². The third-order valence-corrected chi connectivity index (χ3v) is 10.8. The molecule has 28 heteroatoms. The van der Waals surface area contributed by atoms with Crippen molar-refractivity contribution in [3.05, 3.63) is 0 Å². The highest BCUT2D eigenvalue weighted by Gasteiger charge is 2.34. The predicted molar refractivity (Wildman–Crippen MR) is 262 cm³/mol. The van der Waals surface area contributed by atoms with Crippen LogP contribution in [0.2, 0.25) is 0 Å². The fraction of sp³-hybridized carbons (Fsp3) is 0.721. The van der Waals surface area contributed by atoms with Crippen LogP contribution in [0.4, 0.5) is 0 Å². The summed E-state index contributed by atoms with van der Waals surface area (Å²) in [5, 5.41) is 47.6. The van der Waals surface area contributed by atoms with Crippen LogP contribution in [0.5, 0.6) is 0 Å². The van der Waals surface area contributed by atoms with Gasteiger partial charge in [-0.05, 0) is 90.0 Å². The number of amides is 8. The molecule has 71 heavy (non-hydrogen) atoms. The second-order valence-electron chi connectivity index (χ2n) is 17.8. The van der Waals surface area contributed by atoms with Crippen LogP contribution in [0.3, 0.4) is 0 Å². The van der Waals surface area contributed by atoms with E-state index in [1.54, 1.807) is 27.7 Å². The summed E-state index contributed by atoms with van der Waals surface area (Å²) in [6.07, 6.45) is -0.408. The number of thiol groups is 1. The van der Waals surface area contributed by atoms with E-state index in [0.29, 0.717) is 12.8 Å². The lowest BCUT2D eigenvalue weighted by Gasteiger charge is -2.28. The molecule has 0 aliphatic rings. The predicted octanol–water partition coefficient (Wildman–Crippen LogP) is -3.75. The van der Waals surface area contributed by atoms with E-state index in [2.05, 4.69) is 60.2 Å². The van der Waals surface area contributed by atoms with Gasteiger partial charge in [0.05, 0.1) is 6.04 Å². The molecular formula is C43H77N13O14S. The van der Waals surface area contributed by atoms with Crippen LogP contribution in [0.1, 0.15) is 112 Å². The van der Waals surface area contributed by atoms with Crippen molar-refractivity contribution in [2.24, 2.45) is 39.8 Å². The molecule has 0 aromatic rings. The van der Waals surface area contributed by atoms with Gasteiger partial charge in [0.15, 0.2) is 5.96 Å². The Hall–Kier alpha value is -6.29. The van der Waals surface area contributed by atoms with Gasteiger partial charge in [-0.2, -0.15) is 12.6 Å². The summed E-state index contributed by atoms with van der Waals surface area (Å²) < 4.78 is 0. The number of carbonyl (C=O) groups is 11. The summed E-state index contributed by atoms with van der Waals surface area (Å²) in [6.45, 7) is 10.0. The van der Waals surface area contributed by atoms with Crippen molar-refractivity contribution in [2.75, 3.05) is 18.8 Å². The maximum absolute atomic E-state index is 13.9. The summed E-state index contributed by atoms with van der Waals surface area (Å²) in [6, 6.07) is -12.0. The largest absolute Gasteiger partial charge is 0.481 e. The lowest BCUT2D eigenvalue weighted by Crippen LogP contribution is -2.60. The molecule has 19 N–H and O–H groups in total. The Morgan fingerprint density at radius 1 is 0.479 bits per heavy atom. The zero-order chi connectivity index (χ0) is 54.5.